The molecule has 36 heavy (non-hydrogen) atoms. The Balaban J connectivity index is 1.40. The number of nitriles is 1. The number of benzene rings is 1. The first-order chi connectivity index (χ1) is 17.5. The monoisotopic (exact) mass is 502 g/mol. The molecule has 2 aromatic heterocycles. The Kier molecular flexibility index (Phi) is 8.34. The van der Waals surface area contributed by atoms with Crippen molar-refractivity contribution in [2.45, 2.75) is 52.0 Å². The van der Waals surface area contributed by atoms with Gasteiger partial charge in [0.15, 0.2) is 0 Å². The SMILES string of the molecule is CCOc1ccccc1C(C)CC(=O)Nc1sc2c(c1C#N)CCN(C(=O)CCc1cccnc1)C2. The van der Waals surface area contributed by atoms with E-state index in [1.807, 2.05) is 55.1 Å². The fourth-order valence-corrected chi connectivity index (χ4v) is 5.75. The summed E-state index contributed by atoms with van der Waals surface area (Å²) in [5, 5.41) is 13.4. The summed E-state index contributed by atoms with van der Waals surface area (Å²) in [4.78, 5) is 32.6. The number of aryl methyl sites for hydroxylation is 1. The lowest BCUT2D eigenvalue weighted by molar-refractivity contribution is -0.132. The minimum atomic E-state index is -0.145. The number of para-hydroxylation sites is 1. The number of hydrogen-bond acceptors (Lipinski definition) is 6. The molecule has 0 aliphatic carbocycles. The van der Waals surface area contributed by atoms with Crippen molar-refractivity contribution in [3.8, 4) is 11.8 Å². The molecule has 3 aromatic rings. The first-order valence-electron chi connectivity index (χ1n) is 12.2. The third-order valence-corrected chi connectivity index (χ3v) is 7.50. The largest absolute Gasteiger partial charge is 0.494 e. The first kappa shape index (κ1) is 25.4. The molecule has 0 fully saturated rings. The Hall–Kier alpha value is -3.70. The average molecular weight is 503 g/mol. The van der Waals surface area contributed by atoms with Gasteiger partial charge in [-0.2, -0.15) is 5.26 Å². The van der Waals surface area contributed by atoms with Crippen LogP contribution in [0.1, 0.15) is 59.7 Å². The smallest absolute Gasteiger partial charge is 0.225 e. The molecular formula is C28H30N4O3S. The molecule has 186 valence electrons. The molecular weight excluding hydrogens is 472 g/mol. The molecule has 1 aliphatic heterocycles. The molecule has 1 aliphatic rings. The topological polar surface area (TPSA) is 95.3 Å². The lowest BCUT2D eigenvalue weighted by atomic mass is 9.96. The molecule has 0 saturated heterocycles. The van der Waals surface area contributed by atoms with Crippen molar-refractivity contribution in [1.29, 1.82) is 5.26 Å². The van der Waals surface area contributed by atoms with Crippen LogP contribution in [-0.2, 0) is 29.0 Å². The number of rotatable bonds is 9. The third kappa shape index (κ3) is 5.92. The van der Waals surface area contributed by atoms with Crippen molar-refractivity contribution >= 4 is 28.2 Å². The highest BCUT2D eigenvalue weighted by Gasteiger charge is 2.27. The quantitative estimate of drug-likeness (QED) is 0.441. The Morgan fingerprint density at radius 1 is 1.28 bits per heavy atom. The standard InChI is InChI=1S/C28H30N4O3S/c1-3-35-24-9-5-4-8-21(24)19(2)15-26(33)31-28-23(16-29)22-12-14-32(18-25(22)36-28)27(34)11-10-20-7-6-13-30-17-20/h4-9,13,17,19H,3,10-12,14-15,18H2,1-2H3,(H,31,33). The van der Waals surface area contributed by atoms with Crippen molar-refractivity contribution in [2.24, 2.45) is 0 Å². The van der Waals surface area contributed by atoms with Gasteiger partial charge in [-0.05, 0) is 54.5 Å². The predicted octanol–water partition coefficient (Wildman–Crippen LogP) is 5.06. The summed E-state index contributed by atoms with van der Waals surface area (Å²) < 4.78 is 5.71. The van der Waals surface area contributed by atoms with Crippen molar-refractivity contribution in [2.75, 3.05) is 18.5 Å². The van der Waals surface area contributed by atoms with Gasteiger partial charge in [-0.3, -0.25) is 14.6 Å². The fraction of sp³-hybridized carbons (Fsp3) is 0.357. The van der Waals surface area contributed by atoms with Gasteiger partial charge >= 0.3 is 0 Å². The number of pyridine rings is 1. The van der Waals surface area contributed by atoms with E-state index in [-0.39, 0.29) is 24.2 Å². The summed E-state index contributed by atoms with van der Waals surface area (Å²) in [5.41, 5.74) is 3.49. The molecule has 1 atom stereocenters. The van der Waals surface area contributed by atoms with Crippen LogP contribution in [0.5, 0.6) is 5.75 Å². The zero-order valence-corrected chi connectivity index (χ0v) is 21.4. The van der Waals surface area contributed by atoms with Crippen molar-refractivity contribution in [1.82, 2.24) is 9.88 Å². The molecule has 7 nitrogen and oxygen atoms in total. The molecule has 1 aromatic carbocycles. The number of carbonyl (C=O) groups excluding carboxylic acids is 2. The summed E-state index contributed by atoms with van der Waals surface area (Å²) in [6.07, 6.45) is 5.46. The maximum absolute atomic E-state index is 12.9. The number of fused-ring (bicyclic) bond motifs is 1. The molecule has 2 amide bonds. The van der Waals surface area contributed by atoms with E-state index in [9.17, 15) is 14.9 Å². The molecule has 0 spiro atoms. The van der Waals surface area contributed by atoms with Crippen LogP contribution in [-0.4, -0.2) is 34.8 Å². The normalized spacial score (nSPS) is 13.4. The van der Waals surface area contributed by atoms with Crippen LogP contribution >= 0.6 is 11.3 Å². The van der Waals surface area contributed by atoms with Gasteiger partial charge < -0.3 is 15.0 Å². The van der Waals surface area contributed by atoms with Crippen LogP contribution in [0.2, 0.25) is 0 Å². The minimum Gasteiger partial charge on any atom is -0.494 e. The van der Waals surface area contributed by atoms with Crippen LogP contribution in [0.15, 0.2) is 48.8 Å². The third-order valence-electron chi connectivity index (χ3n) is 6.37. The van der Waals surface area contributed by atoms with Crippen LogP contribution in [0.4, 0.5) is 5.00 Å². The maximum Gasteiger partial charge on any atom is 0.225 e. The van der Waals surface area contributed by atoms with Gasteiger partial charge in [0.2, 0.25) is 11.8 Å². The van der Waals surface area contributed by atoms with Gasteiger partial charge in [-0.25, -0.2) is 0 Å². The van der Waals surface area contributed by atoms with E-state index in [1.165, 1.54) is 11.3 Å². The highest BCUT2D eigenvalue weighted by molar-refractivity contribution is 7.16. The number of hydrogen-bond donors (Lipinski definition) is 1. The maximum atomic E-state index is 12.9. The van der Waals surface area contributed by atoms with E-state index in [4.69, 9.17) is 4.74 Å². The summed E-state index contributed by atoms with van der Waals surface area (Å²) >= 11 is 1.40. The average Bonchev–Trinajstić information content (AvgIpc) is 3.24. The van der Waals surface area contributed by atoms with Gasteiger partial charge in [0.25, 0.3) is 0 Å². The number of carbonyl (C=O) groups is 2. The van der Waals surface area contributed by atoms with E-state index >= 15 is 0 Å². The van der Waals surface area contributed by atoms with Gasteiger partial charge in [-0.1, -0.05) is 31.2 Å². The number of thiophene rings is 1. The Morgan fingerprint density at radius 3 is 2.86 bits per heavy atom. The van der Waals surface area contributed by atoms with Crippen molar-refractivity contribution in [3.05, 3.63) is 75.9 Å². The molecule has 1 unspecified atom stereocenters. The van der Waals surface area contributed by atoms with E-state index < -0.39 is 0 Å². The molecule has 8 heteroatoms. The van der Waals surface area contributed by atoms with E-state index in [2.05, 4.69) is 16.4 Å². The Morgan fingerprint density at radius 2 is 2.11 bits per heavy atom. The summed E-state index contributed by atoms with van der Waals surface area (Å²) in [6, 6.07) is 13.9. The molecule has 0 radical (unpaired) electrons. The van der Waals surface area contributed by atoms with Crippen molar-refractivity contribution in [3.63, 3.8) is 0 Å². The summed E-state index contributed by atoms with van der Waals surface area (Å²) in [7, 11) is 0. The number of nitrogens with zero attached hydrogens (tertiary/aromatic N) is 3. The minimum absolute atomic E-state index is 0.0409. The summed E-state index contributed by atoms with van der Waals surface area (Å²) in [5.74, 6) is 0.691. The molecule has 1 N–H and O–H groups in total. The van der Waals surface area contributed by atoms with Crippen LogP contribution in [0.25, 0.3) is 0 Å². The second kappa shape index (κ2) is 11.8. The number of amides is 2. The molecule has 3 heterocycles. The molecule has 0 saturated carbocycles. The summed E-state index contributed by atoms with van der Waals surface area (Å²) in [6.45, 7) is 5.53. The zero-order valence-electron chi connectivity index (χ0n) is 20.6. The van der Waals surface area contributed by atoms with Gasteiger partial charge in [0.05, 0.1) is 18.7 Å². The van der Waals surface area contributed by atoms with Crippen LogP contribution in [0.3, 0.4) is 0 Å². The van der Waals surface area contributed by atoms with E-state index in [0.717, 1.165) is 27.3 Å². The molecule has 0 bridgehead atoms. The molecule has 4 rings (SSSR count). The van der Waals surface area contributed by atoms with Gasteiger partial charge in [0, 0.05) is 36.7 Å². The van der Waals surface area contributed by atoms with Gasteiger partial charge in [-0.15, -0.1) is 11.3 Å². The zero-order chi connectivity index (χ0) is 25.5. The Labute approximate surface area is 215 Å². The van der Waals surface area contributed by atoms with Crippen molar-refractivity contribution < 1.29 is 14.3 Å². The van der Waals surface area contributed by atoms with Crippen LogP contribution < -0.4 is 10.1 Å². The second-order valence-electron chi connectivity index (χ2n) is 8.87. The lowest BCUT2D eigenvalue weighted by Gasteiger charge is -2.27. The fourth-order valence-electron chi connectivity index (χ4n) is 4.52. The van der Waals surface area contributed by atoms with E-state index in [1.54, 1.807) is 12.4 Å². The number of anilines is 1. The predicted molar refractivity (Wildman–Crippen MR) is 140 cm³/mol. The Bertz CT molecular complexity index is 1270. The number of ether oxygens (including phenoxy) is 1. The number of nitrogens with one attached hydrogen (secondary N) is 1. The van der Waals surface area contributed by atoms with E-state index in [0.29, 0.717) is 49.5 Å². The highest BCUT2D eigenvalue weighted by Crippen LogP contribution is 2.37. The van der Waals surface area contributed by atoms with Gasteiger partial charge in [0.1, 0.15) is 16.8 Å². The lowest BCUT2D eigenvalue weighted by Crippen LogP contribution is -2.35. The van der Waals surface area contributed by atoms with Crippen LogP contribution in [0, 0.1) is 11.3 Å². The highest BCUT2D eigenvalue weighted by atomic mass is 32.1. The number of aromatic nitrogens is 1. The second-order valence-corrected chi connectivity index (χ2v) is 9.98. The first-order valence-corrected chi connectivity index (χ1v) is 13.0.